The third kappa shape index (κ3) is 4.32. The summed E-state index contributed by atoms with van der Waals surface area (Å²) >= 11 is 1.51. The van der Waals surface area contributed by atoms with E-state index in [1.807, 2.05) is 11.5 Å². The number of nitrogens with two attached hydrogens (primary N) is 1. The number of aromatic nitrogens is 3. The molecule has 0 aromatic carbocycles. The fourth-order valence-corrected chi connectivity index (χ4v) is 3.28. The van der Waals surface area contributed by atoms with Crippen molar-refractivity contribution in [1.82, 2.24) is 20.3 Å². The van der Waals surface area contributed by atoms with Crippen LogP contribution in [0.1, 0.15) is 24.6 Å². The van der Waals surface area contributed by atoms with Crippen molar-refractivity contribution in [2.45, 2.75) is 19.8 Å². The van der Waals surface area contributed by atoms with Gasteiger partial charge < -0.3 is 16.4 Å². The highest BCUT2D eigenvalue weighted by molar-refractivity contribution is 8.06. The molecule has 1 aliphatic heterocycles. The first kappa shape index (κ1) is 17.8. The van der Waals surface area contributed by atoms with Gasteiger partial charge >= 0.3 is 0 Å². The van der Waals surface area contributed by atoms with Crippen LogP contribution < -0.4 is 16.4 Å². The number of thioether (sulfide) groups is 1. The largest absolute Gasteiger partial charge is 0.384 e. The maximum Gasteiger partial charge on any atom is 0.223 e. The zero-order valence-electron chi connectivity index (χ0n) is 14.4. The second-order valence-corrected chi connectivity index (χ2v) is 6.47. The van der Waals surface area contributed by atoms with E-state index in [0.29, 0.717) is 29.6 Å². The normalized spacial score (nSPS) is 15.0. The maximum atomic E-state index is 9.55. The van der Waals surface area contributed by atoms with Crippen molar-refractivity contribution >= 4 is 29.1 Å². The van der Waals surface area contributed by atoms with Crippen LogP contribution >= 0.6 is 11.8 Å². The van der Waals surface area contributed by atoms with Crippen LogP contribution in [-0.2, 0) is 6.42 Å². The standard InChI is InChI=1S/C18H19N7S/c1-2-13-11-26-17(24-13)14(9-19)15-6-8-22-18(25-15)21-7-5-12-3-4-16(20)23-10-12/h3-4,6,8,10-11,24H,2,5,7H2,1H3,(H2,20,23)(H,21,22,25)/b17-14-. The van der Waals surface area contributed by atoms with Gasteiger partial charge in [0.2, 0.25) is 5.95 Å². The molecule has 26 heavy (non-hydrogen) atoms. The molecule has 0 atom stereocenters. The molecule has 8 heteroatoms. The topological polar surface area (TPSA) is 113 Å². The molecule has 0 fully saturated rings. The van der Waals surface area contributed by atoms with Gasteiger partial charge in [-0.1, -0.05) is 24.8 Å². The lowest BCUT2D eigenvalue weighted by Gasteiger charge is -2.08. The highest BCUT2D eigenvalue weighted by Crippen LogP contribution is 2.31. The van der Waals surface area contributed by atoms with Crippen LogP contribution in [0.5, 0.6) is 0 Å². The Hall–Kier alpha value is -3.05. The Bertz CT molecular complexity index is 881. The molecule has 4 N–H and O–H groups in total. The Morgan fingerprint density at radius 3 is 2.92 bits per heavy atom. The maximum absolute atomic E-state index is 9.55. The van der Waals surface area contributed by atoms with E-state index in [-0.39, 0.29) is 0 Å². The molecule has 0 amide bonds. The smallest absolute Gasteiger partial charge is 0.223 e. The Labute approximate surface area is 156 Å². The van der Waals surface area contributed by atoms with Crippen molar-refractivity contribution < 1.29 is 0 Å². The summed E-state index contributed by atoms with van der Waals surface area (Å²) in [5.41, 5.74) is 8.88. The highest BCUT2D eigenvalue weighted by atomic mass is 32.2. The number of allylic oxidation sites excluding steroid dienone is 2. The van der Waals surface area contributed by atoms with E-state index in [0.717, 1.165) is 29.1 Å². The predicted octanol–water partition coefficient (Wildman–Crippen LogP) is 2.89. The number of hydrogen-bond donors (Lipinski definition) is 3. The lowest BCUT2D eigenvalue weighted by molar-refractivity contribution is 0.949. The van der Waals surface area contributed by atoms with Gasteiger partial charge in [-0.3, -0.25) is 0 Å². The first-order valence-electron chi connectivity index (χ1n) is 8.24. The number of nitriles is 1. The SMILES string of the molecule is CCC1=CS/C(=C(/C#N)c2ccnc(NCCc3ccc(N)nc3)n2)N1. The van der Waals surface area contributed by atoms with E-state index in [1.54, 1.807) is 24.5 Å². The minimum Gasteiger partial charge on any atom is -0.384 e. The average Bonchev–Trinajstić information content (AvgIpc) is 3.13. The molecule has 3 rings (SSSR count). The first-order valence-corrected chi connectivity index (χ1v) is 9.12. The van der Waals surface area contributed by atoms with Crippen LogP contribution in [0.25, 0.3) is 5.57 Å². The minimum absolute atomic E-state index is 0.492. The second-order valence-electron chi connectivity index (χ2n) is 5.59. The van der Waals surface area contributed by atoms with Crippen molar-refractivity contribution in [1.29, 1.82) is 5.26 Å². The van der Waals surface area contributed by atoms with Crippen LogP contribution in [0.3, 0.4) is 0 Å². The van der Waals surface area contributed by atoms with E-state index in [4.69, 9.17) is 5.73 Å². The zero-order valence-corrected chi connectivity index (χ0v) is 15.2. The summed E-state index contributed by atoms with van der Waals surface area (Å²) in [5.74, 6) is 1.000. The Morgan fingerprint density at radius 1 is 1.35 bits per heavy atom. The number of hydrogen-bond acceptors (Lipinski definition) is 8. The molecular formula is C18H19N7S. The van der Waals surface area contributed by atoms with E-state index >= 15 is 0 Å². The quantitative estimate of drug-likeness (QED) is 0.670. The number of nitrogens with one attached hydrogen (secondary N) is 2. The molecule has 0 spiro atoms. The van der Waals surface area contributed by atoms with Gasteiger partial charge in [0.05, 0.1) is 10.7 Å². The molecule has 2 aromatic heterocycles. The van der Waals surface area contributed by atoms with Crippen molar-refractivity contribution in [3.8, 4) is 6.07 Å². The molecular weight excluding hydrogens is 346 g/mol. The highest BCUT2D eigenvalue weighted by Gasteiger charge is 2.16. The van der Waals surface area contributed by atoms with Crippen LogP contribution in [0.15, 0.2) is 46.7 Å². The second kappa shape index (κ2) is 8.36. The van der Waals surface area contributed by atoms with Gasteiger partial charge in [0.15, 0.2) is 0 Å². The van der Waals surface area contributed by atoms with E-state index in [2.05, 4.69) is 38.6 Å². The van der Waals surface area contributed by atoms with Crippen molar-refractivity contribution in [2.24, 2.45) is 0 Å². The van der Waals surface area contributed by atoms with Gasteiger partial charge in [-0.15, -0.1) is 0 Å². The zero-order chi connectivity index (χ0) is 18.4. The van der Waals surface area contributed by atoms with Gasteiger partial charge in [0.1, 0.15) is 17.5 Å². The predicted molar refractivity (Wildman–Crippen MR) is 105 cm³/mol. The molecule has 0 unspecified atom stereocenters. The molecule has 2 aromatic rings. The third-order valence-electron chi connectivity index (χ3n) is 3.77. The van der Waals surface area contributed by atoms with Crippen molar-refractivity contribution in [3.05, 3.63) is 58.0 Å². The van der Waals surface area contributed by atoms with E-state index < -0.39 is 0 Å². The van der Waals surface area contributed by atoms with Gasteiger partial charge in [-0.2, -0.15) is 5.26 Å². The third-order valence-corrected chi connectivity index (χ3v) is 4.71. The minimum atomic E-state index is 0.492. The summed E-state index contributed by atoms with van der Waals surface area (Å²) in [6.07, 6.45) is 5.08. The van der Waals surface area contributed by atoms with Gasteiger partial charge in [-0.05, 0) is 35.9 Å². The van der Waals surface area contributed by atoms with Crippen LogP contribution in [0.4, 0.5) is 11.8 Å². The van der Waals surface area contributed by atoms with Crippen LogP contribution in [0, 0.1) is 11.3 Å². The summed E-state index contributed by atoms with van der Waals surface area (Å²) in [7, 11) is 0. The summed E-state index contributed by atoms with van der Waals surface area (Å²) in [5, 5.41) is 18.8. The summed E-state index contributed by atoms with van der Waals surface area (Å²) in [4.78, 5) is 12.8. The Kier molecular flexibility index (Phi) is 5.71. The number of rotatable bonds is 6. The van der Waals surface area contributed by atoms with Gasteiger partial charge in [-0.25, -0.2) is 15.0 Å². The number of nitrogen functional groups attached to an aromatic ring is 1. The molecule has 0 saturated carbocycles. The van der Waals surface area contributed by atoms with Gasteiger partial charge in [0, 0.05) is 24.6 Å². The summed E-state index contributed by atoms with van der Waals surface area (Å²) < 4.78 is 0. The van der Waals surface area contributed by atoms with Crippen LogP contribution in [-0.4, -0.2) is 21.5 Å². The molecule has 1 aliphatic rings. The summed E-state index contributed by atoms with van der Waals surface area (Å²) in [6.45, 7) is 2.72. The van der Waals surface area contributed by atoms with Crippen LogP contribution in [0.2, 0.25) is 0 Å². The monoisotopic (exact) mass is 365 g/mol. The number of nitrogens with zero attached hydrogens (tertiary/aromatic N) is 4. The van der Waals surface area contributed by atoms with E-state index in [9.17, 15) is 5.26 Å². The molecule has 0 radical (unpaired) electrons. The number of anilines is 2. The summed E-state index contributed by atoms with van der Waals surface area (Å²) in [6, 6.07) is 7.71. The fourth-order valence-electron chi connectivity index (χ4n) is 2.34. The molecule has 0 saturated heterocycles. The lowest BCUT2D eigenvalue weighted by atomic mass is 10.2. The molecule has 0 bridgehead atoms. The number of pyridine rings is 1. The first-order chi connectivity index (χ1) is 12.7. The van der Waals surface area contributed by atoms with E-state index in [1.165, 1.54) is 11.8 Å². The molecule has 3 heterocycles. The molecule has 7 nitrogen and oxygen atoms in total. The average molecular weight is 365 g/mol. The lowest BCUT2D eigenvalue weighted by Crippen LogP contribution is -2.10. The molecule has 0 aliphatic carbocycles. The Balaban J connectivity index is 1.67. The fraction of sp³-hybridized carbons (Fsp3) is 0.222. The van der Waals surface area contributed by atoms with Gasteiger partial charge in [0.25, 0.3) is 0 Å². The Morgan fingerprint density at radius 2 is 2.23 bits per heavy atom. The van der Waals surface area contributed by atoms with Crippen molar-refractivity contribution in [2.75, 3.05) is 17.6 Å². The van der Waals surface area contributed by atoms with Crippen molar-refractivity contribution in [3.63, 3.8) is 0 Å². The molecule has 132 valence electrons.